The van der Waals surface area contributed by atoms with Crippen molar-refractivity contribution in [3.05, 3.63) is 71.5 Å². The quantitative estimate of drug-likeness (QED) is 0.529. The van der Waals surface area contributed by atoms with E-state index >= 15 is 0 Å². The lowest BCUT2D eigenvalue weighted by molar-refractivity contribution is 0.576. The molecule has 0 atom stereocenters. The molecule has 4 rings (SSSR count). The second-order valence-electron chi connectivity index (χ2n) is 7.44. The van der Waals surface area contributed by atoms with Gasteiger partial charge < -0.3 is 4.90 Å². The Balaban J connectivity index is 1.66. The van der Waals surface area contributed by atoms with Gasteiger partial charge in [0.05, 0.1) is 5.69 Å². The van der Waals surface area contributed by atoms with Crippen molar-refractivity contribution in [1.82, 2.24) is 4.98 Å². The highest BCUT2D eigenvalue weighted by Gasteiger charge is 2.15. The number of piperidine rings is 1. The van der Waals surface area contributed by atoms with E-state index in [1.807, 2.05) is 0 Å². The molecular formula is C25H28N2. The smallest absolute Gasteiger partial charge is 0.0650 e. The van der Waals surface area contributed by atoms with Crippen molar-refractivity contribution in [2.24, 2.45) is 0 Å². The first-order valence-electron chi connectivity index (χ1n) is 10.2. The van der Waals surface area contributed by atoms with Gasteiger partial charge in [0.2, 0.25) is 0 Å². The van der Waals surface area contributed by atoms with E-state index in [1.165, 1.54) is 59.9 Å². The summed E-state index contributed by atoms with van der Waals surface area (Å²) in [5, 5.41) is 2.56. The summed E-state index contributed by atoms with van der Waals surface area (Å²) in [6.45, 7) is 4.59. The van der Waals surface area contributed by atoms with Gasteiger partial charge in [0, 0.05) is 25.0 Å². The molecule has 2 heterocycles. The van der Waals surface area contributed by atoms with E-state index in [1.54, 1.807) is 0 Å². The van der Waals surface area contributed by atoms with Gasteiger partial charge in [-0.05, 0) is 59.7 Å². The van der Waals surface area contributed by atoms with Crippen LogP contribution in [0.1, 0.15) is 49.4 Å². The van der Waals surface area contributed by atoms with Gasteiger partial charge in [0.15, 0.2) is 0 Å². The standard InChI is InChI=1S/C25H28N2/c1-2-9-22-19-26-23(18-25(22)27-16-6-3-7-17-27)15-14-21-12-8-11-20-10-4-5-13-24(20)21/h4-5,8,10-15,18-19H,2-3,6-7,9,16-17H2,1H3/b15-14-. The topological polar surface area (TPSA) is 16.1 Å². The van der Waals surface area contributed by atoms with Crippen LogP contribution >= 0.6 is 0 Å². The highest BCUT2D eigenvalue weighted by atomic mass is 15.1. The fraction of sp³-hybridized carbons (Fsp3) is 0.320. The van der Waals surface area contributed by atoms with Crippen LogP contribution in [-0.2, 0) is 6.42 Å². The molecule has 2 aromatic carbocycles. The monoisotopic (exact) mass is 356 g/mol. The van der Waals surface area contributed by atoms with E-state index in [-0.39, 0.29) is 0 Å². The van der Waals surface area contributed by atoms with Gasteiger partial charge in [-0.3, -0.25) is 4.98 Å². The van der Waals surface area contributed by atoms with Crippen LogP contribution in [0.4, 0.5) is 5.69 Å². The normalized spacial score (nSPS) is 14.9. The molecule has 0 saturated carbocycles. The number of rotatable bonds is 5. The summed E-state index contributed by atoms with van der Waals surface area (Å²) in [5.74, 6) is 0. The molecule has 27 heavy (non-hydrogen) atoms. The molecule has 0 spiro atoms. The summed E-state index contributed by atoms with van der Waals surface area (Å²) in [7, 11) is 0. The van der Waals surface area contributed by atoms with Gasteiger partial charge >= 0.3 is 0 Å². The Labute approximate surface area is 162 Å². The highest BCUT2D eigenvalue weighted by molar-refractivity contribution is 5.92. The van der Waals surface area contributed by atoms with Crippen molar-refractivity contribution in [1.29, 1.82) is 0 Å². The van der Waals surface area contributed by atoms with Crippen LogP contribution in [0.2, 0.25) is 0 Å². The number of hydrogen-bond donors (Lipinski definition) is 0. The molecule has 3 aromatic rings. The van der Waals surface area contributed by atoms with Crippen LogP contribution in [0.25, 0.3) is 22.9 Å². The SMILES string of the molecule is CCCc1cnc(/C=C\c2cccc3ccccc23)cc1N1CCCCC1. The van der Waals surface area contributed by atoms with Crippen LogP contribution in [0.3, 0.4) is 0 Å². The molecule has 0 radical (unpaired) electrons. The fourth-order valence-corrected chi connectivity index (χ4v) is 4.04. The molecule has 0 amide bonds. The van der Waals surface area contributed by atoms with Crippen LogP contribution in [-0.4, -0.2) is 18.1 Å². The first kappa shape index (κ1) is 17.8. The van der Waals surface area contributed by atoms with Crippen molar-refractivity contribution in [3.8, 4) is 0 Å². The Kier molecular flexibility index (Phi) is 5.53. The molecule has 0 bridgehead atoms. The molecular weight excluding hydrogens is 328 g/mol. The van der Waals surface area contributed by atoms with Crippen LogP contribution in [0, 0.1) is 0 Å². The zero-order chi connectivity index (χ0) is 18.5. The van der Waals surface area contributed by atoms with Gasteiger partial charge in [-0.15, -0.1) is 0 Å². The lowest BCUT2D eigenvalue weighted by Gasteiger charge is -2.30. The first-order chi connectivity index (χ1) is 13.3. The number of fused-ring (bicyclic) bond motifs is 1. The summed E-state index contributed by atoms with van der Waals surface area (Å²) in [4.78, 5) is 7.30. The van der Waals surface area contributed by atoms with Gasteiger partial charge in [0.25, 0.3) is 0 Å². The van der Waals surface area contributed by atoms with Crippen molar-refractivity contribution < 1.29 is 0 Å². The van der Waals surface area contributed by atoms with Crippen LogP contribution in [0.5, 0.6) is 0 Å². The number of nitrogens with zero attached hydrogens (tertiary/aromatic N) is 2. The second kappa shape index (κ2) is 8.39. The average molecular weight is 357 g/mol. The maximum Gasteiger partial charge on any atom is 0.0650 e. The maximum absolute atomic E-state index is 4.73. The minimum Gasteiger partial charge on any atom is -0.371 e. The molecule has 0 aliphatic carbocycles. The summed E-state index contributed by atoms with van der Waals surface area (Å²) < 4.78 is 0. The van der Waals surface area contributed by atoms with Crippen molar-refractivity contribution in [3.63, 3.8) is 0 Å². The van der Waals surface area contributed by atoms with E-state index in [2.05, 4.69) is 78.7 Å². The predicted octanol–water partition coefficient (Wildman–Crippen LogP) is 6.35. The number of hydrogen-bond acceptors (Lipinski definition) is 2. The Hall–Kier alpha value is -2.61. The number of aryl methyl sites for hydroxylation is 1. The van der Waals surface area contributed by atoms with Crippen molar-refractivity contribution >= 4 is 28.6 Å². The third-order valence-electron chi connectivity index (χ3n) is 5.46. The lowest BCUT2D eigenvalue weighted by Crippen LogP contribution is -2.30. The Bertz CT molecular complexity index is 931. The van der Waals surface area contributed by atoms with Crippen molar-refractivity contribution in [2.45, 2.75) is 39.0 Å². The summed E-state index contributed by atoms with van der Waals surface area (Å²) in [5.41, 5.74) is 5.07. The van der Waals surface area contributed by atoms with Crippen molar-refractivity contribution in [2.75, 3.05) is 18.0 Å². The second-order valence-corrected chi connectivity index (χ2v) is 7.44. The predicted molar refractivity (Wildman–Crippen MR) is 117 cm³/mol. The fourth-order valence-electron chi connectivity index (χ4n) is 4.04. The zero-order valence-electron chi connectivity index (χ0n) is 16.2. The molecule has 1 saturated heterocycles. The number of aromatic nitrogens is 1. The maximum atomic E-state index is 4.73. The van der Waals surface area contributed by atoms with E-state index in [9.17, 15) is 0 Å². The average Bonchev–Trinajstić information content (AvgIpc) is 2.74. The molecule has 0 N–H and O–H groups in total. The zero-order valence-corrected chi connectivity index (χ0v) is 16.2. The number of anilines is 1. The molecule has 0 unspecified atom stereocenters. The van der Waals surface area contributed by atoms with E-state index < -0.39 is 0 Å². The van der Waals surface area contributed by atoms with Gasteiger partial charge in [0.1, 0.15) is 0 Å². The summed E-state index contributed by atoms with van der Waals surface area (Å²) >= 11 is 0. The summed E-state index contributed by atoms with van der Waals surface area (Å²) in [6.07, 6.45) is 12.7. The van der Waals surface area contributed by atoms with Gasteiger partial charge in [-0.1, -0.05) is 61.9 Å². The minimum atomic E-state index is 1.04. The minimum absolute atomic E-state index is 1.04. The molecule has 138 valence electrons. The molecule has 1 aromatic heterocycles. The van der Waals surface area contributed by atoms with E-state index in [0.717, 1.165) is 18.5 Å². The van der Waals surface area contributed by atoms with Gasteiger partial charge in [-0.2, -0.15) is 0 Å². The molecule has 1 aliphatic heterocycles. The van der Waals surface area contributed by atoms with Gasteiger partial charge in [-0.25, -0.2) is 0 Å². The van der Waals surface area contributed by atoms with Crippen LogP contribution < -0.4 is 4.90 Å². The highest BCUT2D eigenvalue weighted by Crippen LogP contribution is 2.27. The van der Waals surface area contributed by atoms with E-state index in [0.29, 0.717) is 0 Å². The molecule has 2 heteroatoms. The third-order valence-corrected chi connectivity index (χ3v) is 5.46. The Morgan fingerprint density at radius 1 is 0.963 bits per heavy atom. The van der Waals surface area contributed by atoms with E-state index in [4.69, 9.17) is 4.98 Å². The molecule has 2 nitrogen and oxygen atoms in total. The Morgan fingerprint density at radius 2 is 1.78 bits per heavy atom. The van der Waals surface area contributed by atoms with Crippen LogP contribution in [0.15, 0.2) is 54.7 Å². The Morgan fingerprint density at radius 3 is 2.63 bits per heavy atom. The summed E-state index contributed by atoms with van der Waals surface area (Å²) in [6, 6.07) is 17.3. The lowest BCUT2D eigenvalue weighted by atomic mass is 10.0. The molecule has 1 fully saturated rings. The molecule has 1 aliphatic rings. The number of pyridine rings is 1. The largest absolute Gasteiger partial charge is 0.371 e. The number of benzene rings is 2. The first-order valence-corrected chi connectivity index (χ1v) is 10.2. The third kappa shape index (κ3) is 4.05.